The Morgan fingerprint density at radius 1 is 1.25 bits per heavy atom. The Bertz CT molecular complexity index is 761. The second-order valence-corrected chi connectivity index (χ2v) is 9.83. The van der Waals surface area contributed by atoms with Crippen LogP contribution in [0.2, 0.25) is 0 Å². The van der Waals surface area contributed by atoms with Crippen LogP contribution in [0.3, 0.4) is 0 Å². The minimum Gasteiger partial charge on any atom is -0.458 e. The first-order valence-electron chi connectivity index (χ1n) is 9.01. The van der Waals surface area contributed by atoms with Crippen molar-refractivity contribution < 1.29 is 27.9 Å². The zero-order chi connectivity index (χ0) is 20.8. The first-order chi connectivity index (χ1) is 13.1. The highest BCUT2D eigenvalue weighted by molar-refractivity contribution is 7.53. The lowest BCUT2D eigenvalue weighted by Gasteiger charge is -2.26. The van der Waals surface area contributed by atoms with Crippen molar-refractivity contribution in [2.24, 2.45) is 4.99 Å². The summed E-state index contributed by atoms with van der Waals surface area (Å²) in [4.78, 5) is 21.6. The fourth-order valence-electron chi connectivity index (χ4n) is 2.39. The van der Waals surface area contributed by atoms with E-state index >= 15 is 0 Å². The molecular formula is C18H27N2O6PS. The van der Waals surface area contributed by atoms with Crippen molar-refractivity contribution in [1.82, 2.24) is 4.98 Å². The summed E-state index contributed by atoms with van der Waals surface area (Å²) in [7, 11) is -3.28. The summed E-state index contributed by atoms with van der Waals surface area (Å²) in [6.07, 6.45) is 4.75. The highest BCUT2D eigenvalue weighted by Crippen LogP contribution is 2.48. The number of allylic oxidation sites excluding steroid dienone is 1. The van der Waals surface area contributed by atoms with Gasteiger partial charge in [0.1, 0.15) is 17.0 Å². The van der Waals surface area contributed by atoms with Gasteiger partial charge in [-0.25, -0.2) is 9.78 Å². The summed E-state index contributed by atoms with van der Waals surface area (Å²) in [5.41, 5.74) is -1.32. The van der Waals surface area contributed by atoms with E-state index in [4.69, 9.17) is 18.5 Å². The van der Waals surface area contributed by atoms with Crippen LogP contribution >= 0.6 is 18.9 Å². The van der Waals surface area contributed by atoms with Gasteiger partial charge in [0, 0.05) is 11.6 Å². The Balaban J connectivity index is 2.07. The second kappa shape index (κ2) is 9.41. The number of aliphatic imine (C=N–C) groups is 1. The molecule has 0 spiro atoms. The Labute approximate surface area is 169 Å². The number of hydrogen-bond acceptors (Lipinski definition) is 9. The average molecular weight is 430 g/mol. The molecule has 0 bridgehead atoms. The Morgan fingerprint density at radius 2 is 1.93 bits per heavy atom. The molecule has 0 fully saturated rings. The van der Waals surface area contributed by atoms with E-state index in [0.717, 1.165) is 0 Å². The van der Waals surface area contributed by atoms with Gasteiger partial charge in [0.15, 0.2) is 0 Å². The maximum atomic E-state index is 12.8. The first-order valence-corrected chi connectivity index (χ1v) is 11.6. The summed E-state index contributed by atoms with van der Waals surface area (Å²) >= 11 is 1.29. The summed E-state index contributed by atoms with van der Waals surface area (Å²) < 4.78 is 33.8. The van der Waals surface area contributed by atoms with E-state index in [1.54, 1.807) is 58.4 Å². The van der Waals surface area contributed by atoms with Crippen LogP contribution in [0.15, 0.2) is 22.5 Å². The quantitative estimate of drug-likeness (QED) is 0.408. The van der Waals surface area contributed by atoms with Gasteiger partial charge >= 0.3 is 13.6 Å². The van der Waals surface area contributed by atoms with Crippen molar-refractivity contribution in [3.63, 3.8) is 0 Å². The summed E-state index contributed by atoms with van der Waals surface area (Å²) in [6, 6.07) is 0. The third kappa shape index (κ3) is 5.81. The van der Waals surface area contributed by atoms with Gasteiger partial charge in [-0.05, 0) is 46.8 Å². The second-order valence-electron chi connectivity index (χ2n) is 6.97. The SMILES string of the molecule is CCOP(=O)(COCc1csc(C2(C(=O)OC(C)(C)C)C=CC=N2)n1)OCC. The molecular weight excluding hydrogens is 403 g/mol. The van der Waals surface area contributed by atoms with E-state index in [2.05, 4.69) is 9.98 Å². The van der Waals surface area contributed by atoms with E-state index in [0.29, 0.717) is 10.7 Å². The molecule has 0 aromatic carbocycles. The number of hydrogen-bond donors (Lipinski definition) is 0. The minimum atomic E-state index is -3.28. The Hall–Kier alpha value is -1.38. The number of aromatic nitrogens is 1. The lowest BCUT2D eigenvalue weighted by atomic mass is 10.0. The third-order valence-electron chi connectivity index (χ3n) is 3.44. The molecule has 0 aliphatic carbocycles. The molecule has 2 rings (SSSR count). The molecule has 1 unspecified atom stereocenters. The lowest BCUT2D eigenvalue weighted by molar-refractivity contribution is -0.159. The molecule has 28 heavy (non-hydrogen) atoms. The number of ether oxygens (including phenoxy) is 2. The summed E-state index contributed by atoms with van der Waals surface area (Å²) in [5, 5.41) is 2.26. The van der Waals surface area contributed by atoms with Crippen molar-refractivity contribution in [1.29, 1.82) is 0 Å². The van der Waals surface area contributed by atoms with Gasteiger partial charge in [-0.3, -0.25) is 9.56 Å². The smallest absolute Gasteiger partial charge is 0.356 e. The highest BCUT2D eigenvalue weighted by atomic mass is 32.1. The highest BCUT2D eigenvalue weighted by Gasteiger charge is 2.45. The van der Waals surface area contributed by atoms with Gasteiger partial charge in [0.2, 0.25) is 5.54 Å². The molecule has 2 heterocycles. The first kappa shape index (κ1) is 22.9. The zero-order valence-corrected chi connectivity index (χ0v) is 18.5. The molecule has 1 aromatic rings. The predicted molar refractivity (Wildman–Crippen MR) is 108 cm³/mol. The van der Waals surface area contributed by atoms with Crippen LogP contribution in [0, 0.1) is 0 Å². The van der Waals surface area contributed by atoms with E-state index in [1.807, 2.05) is 0 Å². The van der Waals surface area contributed by atoms with Crippen molar-refractivity contribution in [3.8, 4) is 0 Å². The average Bonchev–Trinajstić information content (AvgIpc) is 3.23. The lowest BCUT2D eigenvalue weighted by Crippen LogP contribution is -2.37. The van der Waals surface area contributed by atoms with Gasteiger partial charge in [-0.15, -0.1) is 11.3 Å². The van der Waals surface area contributed by atoms with Crippen molar-refractivity contribution in [2.45, 2.75) is 52.4 Å². The van der Waals surface area contributed by atoms with Gasteiger partial charge in [0.25, 0.3) is 0 Å². The van der Waals surface area contributed by atoms with Crippen LogP contribution in [0.5, 0.6) is 0 Å². The molecule has 0 saturated carbocycles. The zero-order valence-electron chi connectivity index (χ0n) is 16.8. The normalized spacial score (nSPS) is 19.3. The van der Waals surface area contributed by atoms with E-state index < -0.39 is 24.7 Å². The van der Waals surface area contributed by atoms with Crippen molar-refractivity contribution in [3.05, 3.63) is 28.2 Å². The monoisotopic (exact) mass is 430 g/mol. The number of carbonyl (C=O) groups is 1. The van der Waals surface area contributed by atoms with Gasteiger partial charge in [-0.1, -0.05) is 0 Å². The molecule has 10 heteroatoms. The Kier molecular flexibility index (Phi) is 7.70. The summed E-state index contributed by atoms with van der Waals surface area (Å²) in [6.45, 7) is 9.53. The number of carbonyl (C=O) groups excluding carboxylic acids is 1. The molecule has 1 aromatic heterocycles. The topological polar surface area (TPSA) is 96.3 Å². The van der Waals surface area contributed by atoms with Crippen molar-refractivity contribution >= 4 is 31.1 Å². The van der Waals surface area contributed by atoms with E-state index in [9.17, 15) is 9.36 Å². The molecule has 0 saturated heterocycles. The molecule has 0 amide bonds. The van der Waals surface area contributed by atoms with E-state index in [-0.39, 0.29) is 26.2 Å². The number of thiazole rings is 1. The molecule has 1 aliphatic heterocycles. The number of esters is 1. The van der Waals surface area contributed by atoms with Gasteiger partial charge in [-0.2, -0.15) is 0 Å². The van der Waals surface area contributed by atoms with E-state index in [1.165, 1.54) is 11.3 Å². The molecule has 1 aliphatic rings. The maximum Gasteiger partial charge on any atom is 0.356 e. The fraction of sp³-hybridized carbons (Fsp3) is 0.611. The number of rotatable bonds is 10. The van der Waals surface area contributed by atoms with Crippen LogP contribution in [0.4, 0.5) is 0 Å². The fourth-order valence-corrected chi connectivity index (χ4v) is 4.64. The molecule has 156 valence electrons. The van der Waals surface area contributed by atoms with Crippen LogP contribution in [-0.4, -0.2) is 42.3 Å². The summed E-state index contributed by atoms with van der Waals surface area (Å²) in [5.74, 6) is -0.482. The van der Waals surface area contributed by atoms with Gasteiger partial charge in [0.05, 0.1) is 25.5 Å². The van der Waals surface area contributed by atoms with Crippen LogP contribution in [0.25, 0.3) is 0 Å². The third-order valence-corrected chi connectivity index (χ3v) is 6.26. The molecule has 0 N–H and O–H groups in total. The predicted octanol–water partition coefficient (Wildman–Crippen LogP) is 4.06. The molecule has 0 radical (unpaired) electrons. The van der Waals surface area contributed by atoms with Crippen LogP contribution in [-0.2, 0) is 40.0 Å². The van der Waals surface area contributed by atoms with Gasteiger partial charge < -0.3 is 18.5 Å². The molecule has 1 atom stereocenters. The maximum absolute atomic E-state index is 12.8. The van der Waals surface area contributed by atoms with Crippen LogP contribution < -0.4 is 0 Å². The largest absolute Gasteiger partial charge is 0.458 e. The minimum absolute atomic E-state index is 0.110. The Morgan fingerprint density at radius 3 is 2.46 bits per heavy atom. The van der Waals surface area contributed by atoms with Crippen molar-refractivity contribution in [2.75, 3.05) is 19.6 Å². The number of nitrogens with zero attached hydrogens (tertiary/aromatic N) is 2. The molecule has 8 nitrogen and oxygen atoms in total. The van der Waals surface area contributed by atoms with Crippen LogP contribution in [0.1, 0.15) is 45.3 Å². The standard InChI is InChI=1S/C18H27N2O6PS/c1-6-24-27(22,25-7-2)13-23-11-14-12-28-15(20-14)18(9-8-10-19-18)16(21)26-17(3,4)5/h8-10,12H,6-7,11,13H2,1-5H3.